The molecule has 0 saturated carbocycles. The van der Waals surface area contributed by atoms with E-state index in [2.05, 4.69) is 30.8 Å². The van der Waals surface area contributed by atoms with E-state index in [1.54, 1.807) is 24.3 Å². The number of ether oxygens (including phenoxy) is 1. The molecule has 1 saturated heterocycles. The van der Waals surface area contributed by atoms with E-state index in [0.717, 1.165) is 32.1 Å². The standard InChI is InChI=1S/C31H31F5N8O3S/c32-24-7-6-20(31(34,35)36)16-27(24)42-30(45)41-26-8-5-19(15-25(26)33)23-18-39-29(40-21-3-1-4-22(17-21)48(37)46)43-28(23)38-9-2-10-44-11-13-47-14-12-44/h1,3-8,15-18,37,48H,2,9-14H2,(H2,41,42,45)(H2,38,39,40,43). The van der Waals surface area contributed by atoms with Gasteiger partial charge in [0.25, 0.3) is 0 Å². The summed E-state index contributed by atoms with van der Waals surface area (Å²) in [6, 6.07) is 10.7. The maximum atomic E-state index is 15.3. The lowest BCUT2D eigenvalue weighted by atomic mass is 10.1. The Bertz CT molecular complexity index is 1840. The highest BCUT2D eigenvalue weighted by Gasteiger charge is 2.31. The lowest BCUT2D eigenvalue weighted by Gasteiger charge is -2.26. The van der Waals surface area contributed by atoms with Crippen molar-refractivity contribution in [3.63, 3.8) is 0 Å². The molecule has 0 radical (unpaired) electrons. The zero-order valence-electron chi connectivity index (χ0n) is 25.2. The number of anilines is 5. The van der Waals surface area contributed by atoms with Crippen LogP contribution in [0.2, 0.25) is 0 Å². The van der Waals surface area contributed by atoms with Crippen molar-refractivity contribution in [1.29, 1.82) is 4.78 Å². The summed E-state index contributed by atoms with van der Waals surface area (Å²) in [7, 11) is -2.30. The van der Waals surface area contributed by atoms with Gasteiger partial charge in [0.1, 0.15) is 17.5 Å². The van der Waals surface area contributed by atoms with Crippen LogP contribution >= 0.6 is 0 Å². The van der Waals surface area contributed by atoms with Crippen LogP contribution in [-0.4, -0.2) is 64.5 Å². The molecule has 11 nitrogen and oxygen atoms in total. The summed E-state index contributed by atoms with van der Waals surface area (Å²) < 4.78 is 93.0. The predicted molar refractivity (Wildman–Crippen MR) is 172 cm³/mol. The molecule has 1 unspecified atom stereocenters. The van der Waals surface area contributed by atoms with Crippen molar-refractivity contribution in [2.24, 2.45) is 0 Å². The van der Waals surface area contributed by atoms with Gasteiger partial charge in [0.15, 0.2) is 0 Å². The second-order valence-electron chi connectivity index (χ2n) is 10.6. The van der Waals surface area contributed by atoms with Crippen molar-refractivity contribution in [2.75, 3.05) is 60.7 Å². The highest BCUT2D eigenvalue weighted by molar-refractivity contribution is 7.73. The molecule has 4 aromatic rings. The summed E-state index contributed by atoms with van der Waals surface area (Å²) in [5.74, 6) is -1.43. The lowest BCUT2D eigenvalue weighted by molar-refractivity contribution is -0.137. The van der Waals surface area contributed by atoms with Crippen LogP contribution in [0.5, 0.6) is 0 Å². The van der Waals surface area contributed by atoms with Crippen LogP contribution in [0.4, 0.5) is 55.6 Å². The molecule has 2 amide bonds. The first-order valence-electron chi connectivity index (χ1n) is 14.7. The second kappa shape index (κ2) is 15.4. The molecule has 0 aliphatic carbocycles. The van der Waals surface area contributed by atoms with Gasteiger partial charge in [-0.3, -0.25) is 9.68 Å². The zero-order chi connectivity index (χ0) is 34.3. The fourth-order valence-corrected chi connectivity index (χ4v) is 5.30. The Kier molecular flexibility index (Phi) is 11.0. The number of halogens is 5. The Morgan fingerprint density at radius 2 is 1.75 bits per heavy atom. The summed E-state index contributed by atoms with van der Waals surface area (Å²) in [6.45, 7) is 4.36. The van der Waals surface area contributed by atoms with Gasteiger partial charge in [-0.2, -0.15) is 18.2 Å². The molecule has 1 aromatic heterocycles. The number of urea groups is 1. The van der Waals surface area contributed by atoms with Crippen molar-refractivity contribution < 1.29 is 35.7 Å². The normalized spacial score (nSPS) is 14.3. The number of thiol groups is 1. The van der Waals surface area contributed by atoms with Crippen molar-refractivity contribution in [1.82, 2.24) is 14.9 Å². The third kappa shape index (κ3) is 9.14. The number of hydrogen-bond acceptors (Lipinski definition) is 9. The van der Waals surface area contributed by atoms with Crippen LogP contribution in [0, 0.1) is 16.4 Å². The van der Waals surface area contributed by atoms with Crippen LogP contribution in [-0.2, 0) is 21.5 Å². The summed E-state index contributed by atoms with van der Waals surface area (Å²) >= 11 is 0. The topological polar surface area (TPSA) is 144 Å². The van der Waals surface area contributed by atoms with E-state index in [1.807, 2.05) is 5.32 Å². The fraction of sp³-hybridized carbons (Fsp3) is 0.258. The maximum Gasteiger partial charge on any atom is 0.416 e. The van der Waals surface area contributed by atoms with Crippen LogP contribution in [0.15, 0.2) is 71.8 Å². The van der Waals surface area contributed by atoms with E-state index in [9.17, 15) is 26.6 Å². The van der Waals surface area contributed by atoms with E-state index < -0.39 is 45.7 Å². The van der Waals surface area contributed by atoms with E-state index in [1.165, 1.54) is 18.3 Å². The first-order chi connectivity index (χ1) is 23.0. The molecule has 5 rings (SSSR count). The second-order valence-corrected chi connectivity index (χ2v) is 11.7. The Hall–Kier alpha value is -4.87. The molecule has 0 bridgehead atoms. The first-order valence-corrected chi connectivity index (χ1v) is 15.9. The smallest absolute Gasteiger partial charge is 0.379 e. The van der Waals surface area contributed by atoms with Crippen LogP contribution in [0.3, 0.4) is 0 Å². The number of benzene rings is 3. The molecule has 2 heterocycles. The minimum absolute atomic E-state index is 0.184. The minimum Gasteiger partial charge on any atom is -0.379 e. The number of aromatic nitrogens is 2. The average Bonchev–Trinajstić information content (AvgIpc) is 3.05. The van der Waals surface area contributed by atoms with Gasteiger partial charge in [0, 0.05) is 42.0 Å². The highest BCUT2D eigenvalue weighted by atomic mass is 32.2. The SMILES string of the molecule is N=[SH](=O)c1cccc(Nc2ncc(-c3ccc(NC(=O)Nc4cc(C(F)(F)F)ccc4F)c(F)c3)c(NCCCN3CCOCC3)n2)c1. The minimum atomic E-state index is -4.76. The maximum absolute atomic E-state index is 15.3. The Labute approximate surface area is 273 Å². The molecule has 48 heavy (non-hydrogen) atoms. The molecule has 5 N–H and O–H groups in total. The first kappa shape index (κ1) is 34.5. The van der Waals surface area contributed by atoms with Crippen LogP contribution in [0.1, 0.15) is 12.0 Å². The number of carbonyl (C=O) groups is 1. The fourth-order valence-electron chi connectivity index (χ4n) is 4.82. The monoisotopic (exact) mass is 690 g/mol. The third-order valence-corrected chi connectivity index (χ3v) is 7.99. The molecule has 0 spiro atoms. The average molecular weight is 691 g/mol. The van der Waals surface area contributed by atoms with Crippen LogP contribution < -0.4 is 21.3 Å². The lowest BCUT2D eigenvalue weighted by Crippen LogP contribution is -2.37. The van der Waals surface area contributed by atoms with Gasteiger partial charge in [-0.15, -0.1) is 0 Å². The van der Waals surface area contributed by atoms with E-state index in [-0.39, 0.29) is 11.6 Å². The van der Waals surface area contributed by atoms with Crippen molar-refractivity contribution in [3.05, 3.63) is 84.1 Å². The molecular formula is C31H31F5N8O3S. The highest BCUT2D eigenvalue weighted by Crippen LogP contribution is 2.33. The van der Waals surface area contributed by atoms with Crippen molar-refractivity contribution in [2.45, 2.75) is 17.5 Å². The molecular weight excluding hydrogens is 659 g/mol. The molecule has 1 atom stereocenters. The Balaban J connectivity index is 1.33. The van der Waals surface area contributed by atoms with E-state index in [4.69, 9.17) is 9.52 Å². The number of carbonyl (C=O) groups excluding carboxylic acids is 1. The molecule has 1 fully saturated rings. The van der Waals surface area contributed by atoms with Gasteiger partial charge in [0.2, 0.25) is 5.95 Å². The summed E-state index contributed by atoms with van der Waals surface area (Å²) in [4.78, 5) is 24.0. The number of amides is 2. The van der Waals surface area contributed by atoms with Gasteiger partial charge < -0.3 is 26.0 Å². The number of morpholine rings is 1. The quantitative estimate of drug-likeness (QED) is 0.0590. The van der Waals surface area contributed by atoms with Gasteiger partial charge >= 0.3 is 12.2 Å². The predicted octanol–water partition coefficient (Wildman–Crippen LogP) is 6.56. The Morgan fingerprint density at radius 3 is 2.48 bits per heavy atom. The van der Waals surface area contributed by atoms with Crippen molar-refractivity contribution >= 4 is 45.5 Å². The Morgan fingerprint density at radius 1 is 0.979 bits per heavy atom. The van der Waals surface area contributed by atoms with Crippen molar-refractivity contribution in [3.8, 4) is 11.1 Å². The number of nitrogens with one attached hydrogen (secondary N) is 5. The molecule has 1 aliphatic rings. The molecule has 254 valence electrons. The number of nitrogens with zero attached hydrogens (tertiary/aromatic N) is 3. The third-order valence-electron chi connectivity index (χ3n) is 7.24. The number of alkyl halides is 3. The summed E-state index contributed by atoms with van der Waals surface area (Å²) in [5, 5.41) is 10.5. The van der Waals surface area contributed by atoms with Gasteiger partial charge in [-0.25, -0.2) is 22.8 Å². The summed E-state index contributed by atoms with van der Waals surface area (Å²) in [6.07, 6.45) is -2.52. The molecule has 3 aromatic carbocycles. The number of hydrogen-bond donors (Lipinski definition) is 6. The zero-order valence-corrected chi connectivity index (χ0v) is 26.1. The molecule has 17 heteroatoms. The van der Waals surface area contributed by atoms with Gasteiger partial charge in [-0.05, 0) is 67.1 Å². The van der Waals surface area contributed by atoms with Gasteiger partial charge in [-0.1, -0.05) is 12.1 Å². The van der Waals surface area contributed by atoms with E-state index >= 15 is 4.39 Å². The summed E-state index contributed by atoms with van der Waals surface area (Å²) in [5.41, 5.74) is -0.917. The largest absolute Gasteiger partial charge is 0.416 e. The van der Waals surface area contributed by atoms with E-state index in [0.29, 0.717) is 65.5 Å². The van der Waals surface area contributed by atoms with Crippen LogP contribution in [0.25, 0.3) is 11.1 Å². The molecule has 1 aliphatic heterocycles. The van der Waals surface area contributed by atoms with Gasteiger partial charge in [0.05, 0.1) is 40.7 Å². The number of rotatable bonds is 11.